The largest absolute Gasteiger partial charge is 0.400 e. The number of imidazole rings is 1. The van der Waals surface area contributed by atoms with Crippen LogP contribution in [-0.2, 0) is 11.3 Å². The van der Waals surface area contributed by atoms with Gasteiger partial charge in [0, 0.05) is 24.6 Å². The Hall–Kier alpha value is -2.79. The van der Waals surface area contributed by atoms with E-state index in [-0.39, 0.29) is 18.6 Å². The molecular formula is C29H33ClN4O4S. The number of aliphatic hydroxyl groups excluding tert-OH is 3. The van der Waals surface area contributed by atoms with Crippen LogP contribution in [0.1, 0.15) is 18.4 Å². The number of piperidine rings is 1. The van der Waals surface area contributed by atoms with Gasteiger partial charge in [0.25, 0.3) is 0 Å². The maximum absolute atomic E-state index is 10.6. The minimum absolute atomic E-state index is 0.0489. The monoisotopic (exact) mass is 568 g/mol. The second kappa shape index (κ2) is 13.5. The summed E-state index contributed by atoms with van der Waals surface area (Å²) in [4.78, 5) is 25.3. The molecule has 1 aliphatic heterocycles. The SMILES string of the molecule is CO.O=CCSc1nc2nc(-c3ccc(-c4ccc(CN5CCC(CO)(CO)CC5)cc4)cc3)c(Cl)cc2[nH]1. The minimum Gasteiger partial charge on any atom is -0.400 e. The van der Waals surface area contributed by atoms with Gasteiger partial charge < -0.3 is 25.1 Å². The number of H-pyrrole nitrogens is 1. The Bertz CT molecular complexity index is 1360. The molecule has 1 fully saturated rings. The number of nitrogens with zero attached hydrogens (tertiary/aromatic N) is 3. The number of aromatic amines is 1. The number of carbonyl (C=O) groups is 1. The van der Waals surface area contributed by atoms with Crippen LogP contribution < -0.4 is 0 Å². The van der Waals surface area contributed by atoms with Crippen LogP contribution in [0, 0.1) is 5.41 Å². The lowest BCUT2D eigenvalue weighted by atomic mass is 9.80. The van der Waals surface area contributed by atoms with E-state index in [4.69, 9.17) is 16.7 Å². The highest BCUT2D eigenvalue weighted by atomic mass is 35.5. The zero-order chi connectivity index (χ0) is 27.8. The molecule has 39 heavy (non-hydrogen) atoms. The first-order valence-electron chi connectivity index (χ1n) is 12.7. The highest BCUT2D eigenvalue weighted by Gasteiger charge is 2.33. The fraction of sp³-hybridized carbons (Fsp3) is 0.345. The van der Waals surface area contributed by atoms with Gasteiger partial charge in [-0.1, -0.05) is 71.9 Å². The number of carbonyl (C=O) groups excluding carboxylic acids is 1. The fourth-order valence-corrected chi connectivity index (χ4v) is 5.53. The summed E-state index contributed by atoms with van der Waals surface area (Å²) in [6.07, 6.45) is 2.47. The van der Waals surface area contributed by atoms with E-state index in [1.807, 2.05) is 18.2 Å². The molecule has 0 unspecified atom stereocenters. The number of aromatic nitrogens is 3. The van der Waals surface area contributed by atoms with Gasteiger partial charge in [0.1, 0.15) is 6.29 Å². The number of rotatable bonds is 9. The van der Waals surface area contributed by atoms with Crippen LogP contribution in [0.15, 0.2) is 59.8 Å². The summed E-state index contributed by atoms with van der Waals surface area (Å²) in [5.41, 5.74) is 6.04. The van der Waals surface area contributed by atoms with Gasteiger partial charge in [-0.25, -0.2) is 9.97 Å². The van der Waals surface area contributed by atoms with E-state index < -0.39 is 0 Å². The zero-order valence-electron chi connectivity index (χ0n) is 21.8. The number of aliphatic hydroxyl groups is 3. The van der Waals surface area contributed by atoms with E-state index in [0.717, 1.165) is 68.1 Å². The lowest BCUT2D eigenvalue weighted by Gasteiger charge is -2.39. The molecule has 0 radical (unpaired) electrons. The summed E-state index contributed by atoms with van der Waals surface area (Å²) in [5, 5.41) is 27.4. The van der Waals surface area contributed by atoms with E-state index in [1.54, 1.807) is 0 Å². The molecule has 1 saturated heterocycles. The number of hydrogen-bond donors (Lipinski definition) is 4. The van der Waals surface area contributed by atoms with Crippen molar-refractivity contribution in [3.8, 4) is 22.4 Å². The Kier molecular flexibility index (Phi) is 10.1. The predicted molar refractivity (Wildman–Crippen MR) is 156 cm³/mol. The van der Waals surface area contributed by atoms with E-state index in [2.05, 4.69) is 56.3 Å². The Morgan fingerprint density at radius 1 is 0.974 bits per heavy atom. The zero-order valence-corrected chi connectivity index (χ0v) is 23.4. The molecule has 0 bridgehead atoms. The summed E-state index contributed by atoms with van der Waals surface area (Å²) >= 11 is 7.86. The van der Waals surface area contributed by atoms with Crippen LogP contribution in [0.3, 0.4) is 0 Å². The Morgan fingerprint density at radius 3 is 2.15 bits per heavy atom. The lowest BCUT2D eigenvalue weighted by molar-refractivity contribution is -0.105. The van der Waals surface area contributed by atoms with Crippen LogP contribution in [0.25, 0.3) is 33.5 Å². The number of fused-ring (bicyclic) bond motifs is 1. The van der Waals surface area contributed by atoms with Crippen molar-refractivity contribution in [2.24, 2.45) is 5.41 Å². The molecule has 206 valence electrons. The Morgan fingerprint density at radius 2 is 1.56 bits per heavy atom. The molecule has 4 aromatic rings. The first kappa shape index (κ1) is 29.2. The van der Waals surface area contributed by atoms with Gasteiger partial charge in [-0.05, 0) is 48.7 Å². The molecule has 0 amide bonds. The van der Waals surface area contributed by atoms with Crippen LogP contribution in [0.2, 0.25) is 5.02 Å². The summed E-state index contributed by atoms with van der Waals surface area (Å²) in [7, 11) is 1.00. The molecule has 0 atom stereocenters. The number of benzene rings is 2. The van der Waals surface area contributed by atoms with E-state index in [9.17, 15) is 15.0 Å². The van der Waals surface area contributed by atoms with Crippen LogP contribution >= 0.6 is 23.4 Å². The molecule has 0 spiro atoms. The first-order valence-corrected chi connectivity index (χ1v) is 14.1. The van der Waals surface area contributed by atoms with Crippen molar-refractivity contribution in [3.05, 3.63) is 65.2 Å². The maximum Gasteiger partial charge on any atom is 0.179 e. The Labute approximate surface area is 237 Å². The van der Waals surface area contributed by atoms with Gasteiger partial charge in [0.2, 0.25) is 0 Å². The highest BCUT2D eigenvalue weighted by Crippen LogP contribution is 2.33. The highest BCUT2D eigenvalue weighted by molar-refractivity contribution is 7.99. The number of halogens is 1. The quantitative estimate of drug-likeness (QED) is 0.173. The molecule has 8 nitrogen and oxygen atoms in total. The summed E-state index contributed by atoms with van der Waals surface area (Å²) in [6, 6.07) is 18.6. The van der Waals surface area contributed by atoms with E-state index >= 15 is 0 Å². The van der Waals surface area contributed by atoms with Crippen molar-refractivity contribution < 1.29 is 20.1 Å². The molecule has 0 aliphatic carbocycles. The van der Waals surface area contributed by atoms with Crippen molar-refractivity contribution >= 4 is 40.8 Å². The molecular weight excluding hydrogens is 536 g/mol. The smallest absolute Gasteiger partial charge is 0.179 e. The second-order valence-electron chi connectivity index (χ2n) is 9.58. The molecule has 3 heterocycles. The molecule has 10 heteroatoms. The first-order chi connectivity index (χ1) is 19.0. The van der Waals surface area contributed by atoms with Crippen LogP contribution in [-0.4, -0.2) is 80.6 Å². The Balaban J connectivity index is 0.00000172. The van der Waals surface area contributed by atoms with Gasteiger partial charge in [-0.2, -0.15) is 0 Å². The number of likely N-dealkylation sites (tertiary alicyclic amines) is 1. The van der Waals surface area contributed by atoms with Crippen LogP contribution in [0.4, 0.5) is 0 Å². The molecule has 5 rings (SSSR count). The average molecular weight is 569 g/mol. The predicted octanol–water partition coefficient (Wildman–Crippen LogP) is 4.41. The third kappa shape index (κ3) is 6.87. The standard InChI is InChI=1S/C28H29ClN4O3S.CH4O/c29-23-15-24-26(32-27(30-24)37-14-13-34)31-25(23)22-7-5-21(6-8-22)20-3-1-19(2-4-20)16-33-11-9-28(17-35,18-36)10-12-33;1-2/h1-8,13,15,35-36H,9-12,14,16-18H2,(H,30,31,32);2H,1H3. The van der Waals surface area contributed by atoms with E-state index in [0.29, 0.717) is 27.3 Å². The molecule has 1 aliphatic rings. The van der Waals surface area contributed by atoms with Gasteiger partial charge in [0.05, 0.1) is 35.2 Å². The van der Waals surface area contributed by atoms with Crippen molar-refractivity contribution in [2.45, 2.75) is 24.5 Å². The number of nitrogens with one attached hydrogen (secondary N) is 1. The third-order valence-corrected chi connectivity index (χ3v) is 8.19. The second-order valence-corrected chi connectivity index (χ2v) is 11.0. The van der Waals surface area contributed by atoms with Crippen molar-refractivity contribution in [3.63, 3.8) is 0 Å². The molecule has 2 aromatic carbocycles. The van der Waals surface area contributed by atoms with Gasteiger partial charge >= 0.3 is 0 Å². The number of hydrogen-bond acceptors (Lipinski definition) is 8. The summed E-state index contributed by atoms with van der Waals surface area (Å²) in [6.45, 7) is 2.72. The van der Waals surface area contributed by atoms with Crippen LogP contribution in [0.5, 0.6) is 0 Å². The molecule has 0 saturated carbocycles. The number of thioether (sulfide) groups is 1. The van der Waals surface area contributed by atoms with Gasteiger partial charge in [-0.15, -0.1) is 0 Å². The summed E-state index contributed by atoms with van der Waals surface area (Å²) < 4.78 is 0. The van der Waals surface area contributed by atoms with Gasteiger partial charge in [-0.3, -0.25) is 4.90 Å². The topological polar surface area (TPSA) is 123 Å². The third-order valence-electron chi connectivity index (χ3n) is 7.13. The lowest BCUT2D eigenvalue weighted by Crippen LogP contribution is -2.43. The number of pyridine rings is 1. The van der Waals surface area contributed by atoms with Gasteiger partial charge in [0.15, 0.2) is 10.8 Å². The molecule has 2 aromatic heterocycles. The average Bonchev–Trinajstić information content (AvgIpc) is 3.39. The maximum atomic E-state index is 10.6. The minimum atomic E-state index is -0.324. The van der Waals surface area contributed by atoms with Crippen molar-refractivity contribution in [1.29, 1.82) is 0 Å². The van der Waals surface area contributed by atoms with E-state index in [1.165, 1.54) is 17.3 Å². The fourth-order valence-electron chi connectivity index (χ4n) is 4.71. The molecule has 4 N–H and O–H groups in total. The normalized spacial score (nSPS) is 15.1. The number of aldehydes is 1. The summed E-state index contributed by atoms with van der Waals surface area (Å²) in [5.74, 6) is 0.330. The van der Waals surface area contributed by atoms with Crippen molar-refractivity contribution in [1.82, 2.24) is 19.9 Å². The van der Waals surface area contributed by atoms with Crippen molar-refractivity contribution in [2.75, 3.05) is 39.2 Å².